The summed E-state index contributed by atoms with van der Waals surface area (Å²) in [6.07, 6.45) is -2.10. The van der Waals surface area contributed by atoms with Gasteiger partial charge in [-0.25, -0.2) is 18.4 Å². The highest BCUT2D eigenvalue weighted by Gasteiger charge is 2.31. The van der Waals surface area contributed by atoms with Crippen LogP contribution in [-0.2, 0) is 32.4 Å². The topological polar surface area (TPSA) is 118 Å². The van der Waals surface area contributed by atoms with Crippen molar-refractivity contribution in [2.45, 2.75) is 33.8 Å². The Hall–Kier alpha value is -1.15. The number of hydrogen-bond donors (Lipinski definition) is 1. The lowest BCUT2D eigenvalue weighted by atomic mass is 10.1. The molecule has 2 atom stereocenters. The maximum absolute atomic E-state index is 12.2. The molecule has 0 aliphatic carbocycles. The van der Waals surface area contributed by atoms with Crippen molar-refractivity contribution in [2.24, 2.45) is 5.92 Å². The first-order chi connectivity index (χ1) is 9.16. The lowest BCUT2D eigenvalue weighted by Crippen LogP contribution is -2.17. The molecule has 0 saturated heterocycles. The van der Waals surface area contributed by atoms with Gasteiger partial charge in [-0.1, -0.05) is 13.8 Å². The standard InChI is InChI=1S/C10H19O9P/c1-7(2)8(3)19-20(14,17-5-15-9(4)11)18-6-16-10(12)13/h7-8H,5-6H2,1-4H3,(H,12,13). The van der Waals surface area contributed by atoms with Crippen LogP contribution in [-0.4, -0.2) is 36.9 Å². The molecule has 0 heterocycles. The first kappa shape index (κ1) is 18.9. The number of phosphoric ester groups is 1. The molecule has 0 aliphatic heterocycles. The van der Waals surface area contributed by atoms with Gasteiger partial charge in [0.1, 0.15) is 0 Å². The number of esters is 1. The quantitative estimate of drug-likeness (QED) is 0.388. The molecule has 0 amide bonds. The third kappa shape index (κ3) is 8.87. The average molecular weight is 314 g/mol. The highest BCUT2D eigenvalue weighted by atomic mass is 31.2. The number of carbonyl (C=O) groups excluding carboxylic acids is 1. The summed E-state index contributed by atoms with van der Waals surface area (Å²) in [6.45, 7) is 4.92. The fraction of sp³-hybridized carbons (Fsp3) is 0.800. The molecule has 9 nitrogen and oxygen atoms in total. The number of phosphoric acid groups is 1. The van der Waals surface area contributed by atoms with Gasteiger partial charge in [-0.3, -0.25) is 9.32 Å². The Balaban J connectivity index is 4.52. The van der Waals surface area contributed by atoms with Crippen molar-refractivity contribution in [2.75, 3.05) is 13.6 Å². The lowest BCUT2D eigenvalue weighted by molar-refractivity contribution is -0.148. The molecule has 0 fully saturated rings. The van der Waals surface area contributed by atoms with Crippen LogP contribution in [0.1, 0.15) is 27.7 Å². The van der Waals surface area contributed by atoms with Crippen molar-refractivity contribution in [1.29, 1.82) is 0 Å². The van der Waals surface area contributed by atoms with Gasteiger partial charge >= 0.3 is 19.9 Å². The van der Waals surface area contributed by atoms with Gasteiger partial charge < -0.3 is 14.6 Å². The van der Waals surface area contributed by atoms with Crippen molar-refractivity contribution in [3.63, 3.8) is 0 Å². The third-order valence-electron chi connectivity index (χ3n) is 2.10. The van der Waals surface area contributed by atoms with Gasteiger partial charge in [0.25, 0.3) is 0 Å². The first-order valence-corrected chi connectivity index (χ1v) is 7.19. The van der Waals surface area contributed by atoms with Gasteiger partial charge in [-0.15, -0.1) is 0 Å². The summed E-state index contributed by atoms with van der Waals surface area (Å²) in [5.41, 5.74) is 0. The molecule has 0 aliphatic rings. The second kappa shape index (κ2) is 8.91. The molecular weight excluding hydrogens is 295 g/mol. The summed E-state index contributed by atoms with van der Waals surface area (Å²) < 4.78 is 35.2. The van der Waals surface area contributed by atoms with Crippen LogP contribution in [0.5, 0.6) is 0 Å². The van der Waals surface area contributed by atoms with Crippen LogP contribution in [0.4, 0.5) is 4.79 Å². The van der Waals surface area contributed by atoms with Crippen molar-refractivity contribution < 1.29 is 42.3 Å². The zero-order valence-electron chi connectivity index (χ0n) is 11.7. The number of carboxylic acid groups (broad SMARTS) is 1. The minimum absolute atomic E-state index is 0.00430. The predicted molar refractivity (Wildman–Crippen MR) is 65.8 cm³/mol. The van der Waals surface area contributed by atoms with Crippen molar-refractivity contribution in [3.05, 3.63) is 0 Å². The van der Waals surface area contributed by atoms with Crippen LogP contribution in [0, 0.1) is 5.92 Å². The molecule has 0 aromatic carbocycles. The minimum Gasteiger partial charge on any atom is -0.450 e. The van der Waals surface area contributed by atoms with E-state index < -0.39 is 39.6 Å². The SMILES string of the molecule is CC(=O)OCOP(=O)(OCOC(=O)O)OC(C)C(C)C. The van der Waals surface area contributed by atoms with Crippen LogP contribution in [0.15, 0.2) is 0 Å². The van der Waals surface area contributed by atoms with E-state index in [1.165, 1.54) is 0 Å². The van der Waals surface area contributed by atoms with Gasteiger partial charge in [0.2, 0.25) is 13.6 Å². The summed E-state index contributed by atoms with van der Waals surface area (Å²) in [5.74, 6) is -0.639. The Labute approximate surface area is 116 Å². The van der Waals surface area contributed by atoms with Crippen molar-refractivity contribution in [3.8, 4) is 0 Å². The Kier molecular flexibility index (Phi) is 8.40. The molecule has 0 saturated carbocycles. The molecule has 118 valence electrons. The van der Waals surface area contributed by atoms with E-state index >= 15 is 0 Å². The Morgan fingerprint density at radius 1 is 1.10 bits per heavy atom. The van der Waals surface area contributed by atoms with Crippen LogP contribution in [0.3, 0.4) is 0 Å². The molecule has 0 aromatic rings. The average Bonchev–Trinajstić information content (AvgIpc) is 2.27. The van der Waals surface area contributed by atoms with Crippen LogP contribution in [0.25, 0.3) is 0 Å². The van der Waals surface area contributed by atoms with Crippen LogP contribution < -0.4 is 0 Å². The van der Waals surface area contributed by atoms with Gasteiger partial charge in [-0.05, 0) is 12.8 Å². The third-order valence-corrected chi connectivity index (χ3v) is 3.53. The van der Waals surface area contributed by atoms with Crippen LogP contribution in [0.2, 0.25) is 0 Å². The van der Waals surface area contributed by atoms with Gasteiger partial charge in [0.15, 0.2) is 0 Å². The summed E-state index contributed by atoms with van der Waals surface area (Å²) in [4.78, 5) is 20.8. The van der Waals surface area contributed by atoms with Gasteiger partial charge in [-0.2, -0.15) is 0 Å². The Bertz CT molecular complexity index is 344. The number of carbonyl (C=O) groups is 2. The number of ether oxygens (including phenoxy) is 2. The fourth-order valence-corrected chi connectivity index (χ4v) is 1.95. The van der Waals surface area contributed by atoms with E-state index in [4.69, 9.17) is 14.2 Å². The number of hydrogen-bond acceptors (Lipinski definition) is 8. The second-order valence-corrected chi connectivity index (χ2v) is 5.66. The molecule has 20 heavy (non-hydrogen) atoms. The molecule has 0 bridgehead atoms. The van der Waals surface area contributed by atoms with E-state index in [0.29, 0.717) is 0 Å². The van der Waals surface area contributed by atoms with E-state index in [9.17, 15) is 14.2 Å². The summed E-state index contributed by atoms with van der Waals surface area (Å²) in [7, 11) is -4.11. The normalized spacial score (nSPS) is 15.4. The summed E-state index contributed by atoms with van der Waals surface area (Å²) in [6, 6.07) is 0. The molecular formula is C10H19O9P. The highest BCUT2D eigenvalue weighted by Crippen LogP contribution is 2.51. The minimum atomic E-state index is -4.11. The van der Waals surface area contributed by atoms with E-state index in [1.807, 2.05) is 13.8 Å². The Morgan fingerprint density at radius 2 is 1.60 bits per heavy atom. The van der Waals surface area contributed by atoms with Crippen LogP contribution >= 0.6 is 7.82 Å². The zero-order chi connectivity index (χ0) is 15.8. The first-order valence-electron chi connectivity index (χ1n) is 5.73. The van der Waals surface area contributed by atoms with Gasteiger partial charge in [0.05, 0.1) is 6.10 Å². The van der Waals surface area contributed by atoms with E-state index in [-0.39, 0.29) is 5.92 Å². The van der Waals surface area contributed by atoms with E-state index in [1.54, 1.807) is 6.92 Å². The molecule has 0 rings (SSSR count). The monoisotopic (exact) mass is 314 g/mol. The fourth-order valence-electron chi connectivity index (χ4n) is 0.739. The molecule has 1 N–H and O–H groups in total. The zero-order valence-corrected chi connectivity index (χ0v) is 12.6. The maximum atomic E-state index is 12.2. The second-order valence-electron chi connectivity index (χ2n) is 4.04. The van der Waals surface area contributed by atoms with Crippen molar-refractivity contribution in [1.82, 2.24) is 0 Å². The Morgan fingerprint density at radius 3 is 2.00 bits per heavy atom. The summed E-state index contributed by atoms with van der Waals surface area (Å²) >= 11 is 0. The predicted octanol–water partition coefficient (Wildman–Crippen LogP) is 2.36. The molecule has 0 aromatic heterocycles. The number of rotatable bonds is 9. The highest BCUT2D eigenvalue weighted by molar-refractivity contribution is 7.48. The molecule has 0 spiro atoms. The molecule has 0 radical (unpaired) electrons. The maximum Gasteiger partial charge on any atom is 0.507 e. The molecule has 2 unspecified atom stereocenters. The lowest BCUT2D eigenvalue weighted by Gasteiger charge is -2.23. The van der Waals surface area contributed by atoms with Gasteiger partial charge in [0, 0.05) is 6.92 Å². The van der Waals surface area contributed by atoms with E-state index in [0.717, 1.165) is 6.92 Å². The van der Waals surface area contributed by atoms with Crippen molar-refractivity contribution >= 4 is 19.9 Å². The summed E-state index contributed by atoms with van der Waals surface area (Å²) in [5, 5.41) is 8.29. The molecule has 10 heteroatoms. The smallest absolute Gasteiger partial charge is 0.450 e. The largest absolute Gasteiger partial charge is 0.507 e. The van der Waals surface area contributed by atoms with E-state index in [2.05, 4.69) is 14.0 Å².